The zero-order valence-corrected chi connectivity index (χ0v) is 11.4. The highest BCUT2D eigenvalue weighted by Crippen LogP contribution is 2.29. The molecule has 2 aromatic heterocycles. The van der Waals surface area contributed by atoms with Crippen molar-refractivity contribution in [1.29, 1.82) is 0 Å². The first-order chi connectivity index (χ1) is 9.70. The summed E-state index contributed by atoms with van der Waals surface area (Å²) in [5.74, 6) is 0. The largest absolute Gasteiger partial charge is 0.400 e. The quantitative estimate of drug-likeness (QED) is 0.763. The SMILES string of the molecule is CO.Cn1cnc2c(ncn2[C@H]2CCC(CO)O2)c1=O. The molecule has 20 heavy (non-hydrogen) atoms. The number of imidazole rings is 1. The van der Waals surface area contributed by atoms with Gasteiger partial charge in [-0.3, -0.25) is 9.36 Å². The van der Waals surface area contributed by atoms with Gasteiger partial charge in [0.2, 0.25) is 0 Å². The van der Waals surface area contributed by atoms with Crippen molar-refractivity contribution in [3.05, 3.63) is 23.0 Å². The zero-order valence-electron chi connectivity index (χ0n) is 11.4. The number of aryl methyl sites for hydroxylation is 1. The number of ether oxygens (including phenoxy) is 1. The van der Waals surface area contributed by atoms with Crippen molar-refractivity contribution in [3.63, 3.8) is 0 Å². The Morgan fingerprint density at radius 2 is 2.10 bits per heavy atom. The maximum absolute atomic E-state index is 11.8. The maximum atomic E-state index is 11.8. The maximum Gasteiger partial charge on any atom is 0.281 e. The molecule has 1 aliphatic heterocycles. The summed E-state index contributed by atoms with van der Waals surface area (Å²) in [7, 11) is 2.64. The van der Waals surface area contributed by atoms with Crippen LogP contribution in [0.4, 0.5) is 0 Å². The van der Waals surface area contributed by atoms with Crippen molar-refractivity contribution in [3.8, 4) is 0 Å². The van der Waals surface area contributed by atoms with Crippen LogP contribution in [0, 0.1) is 0 Å². The number of hydrogen-bond acceptors (Lipinski definition) is 6. The van der Waals surface area contributed by atoms with Gasteiger partial charge in [-0.05, 0) is 12.8 Å². The van der Waals surface area contributed by atoms with Crippen LogP contribution in [0.1, 0.15) is 19.1 Å². The minimum Gasteiger partial charge on any atom is -0.400 e. The predicted octanol–water partition coefficient (Wildman–Crippen LogP) is -0.592. The molecule has 1 fully saturated rings. The van der Waals surface area contributed by atoms with Crippen LogP contribution >= 0.6 is 0 Å². The topological polar surface area (TPSA) is 102 Å². The summed E-state index contributed by atoms with van der Waals surface area (Å²) in [6, 6.07) is 0. The van der Waals surface area contributed by atoms with Crippen molar-refractivity contribution in [2.75, 3.05) is 13.7 Å². The summed E-state index contributed by atoms with van der Waals surface area (Å²) in [6.07, 6.45) is 4.29. The van der Waals surface area contributed by atoms with E-state index >= 15 is 0 Å². The van der Waals surface area contributed by atoms with E-state index < -0.39 is 0 Å². The second-order valence-corrected chi connectivity index (χ2v) is 4.46. The van der Waals surface area contributed by atoms with E-state index in [0.717, 1.165) is 20.0 Å². The number of aliphatic hydroxyl groups is 2. The van der Waals surface area contributed by atoms with Crippen LogP contribution < -0.4 is 5.56 Å². The molecule has 0 spiro atoms. The van der Waals surface area contributed by atoms with Crippen molar-refractivity contribution >= 4 is 11.2 Å². The summed E-state index contributed by atoms with van der Waals surface area (Å²) < 4.78 is 8.81. The zero-order chi connectivity index (χ0) is 14.7. The van der Waals surface area contributed by atoms with Gasteiger partial charge in [0.15, 0.2) is 11.2 Å². The third kappa shape index (κ3) is 2.45. The molecule has 0 radical (unpaired) electrons. The van der Waals surface area contributed by atoms with Crippen LogP contribution in [0.2, 0.25) is 0 Å². The van der Waals surface area contributed by atoms with Gasteiger partial charge >= 0.3 is 0 Å². The Kier molecular flexibility index (Phi) is 4.48. The number of fused-ring (bicyclic) bond motifs is 1. The Hall–Kier alpha value is -1.77. The molecule has 8 heteroatoms. The lowest BCUT2D eigenvalue weighted by Crippen LogP contribution is -2.18. The van der Waals surface area contributed by atoms with E-state index in [-0.39, 0.29) is 24.5 Å². The molecule has 2 atom stereocenters. The lowest BCUT2D eigenvalue weighted by atomic mass is 10.2. The summed E-state index contributed by atoms with van der Waals surface area (Å²) in [5.41, 5.74) is 0.702. The minimum absolute atomic E-state index is 0.0122. The van der Waals surface area contributed by atoms with Crippen molar-refractivity contribution < 1.29 is 14.9 Å². The highest BCUT2D eigenvalue weighted by Gasteiger charge is 2.27. The van der Waals surface area contributed by atoms with Crippen LogP contribution in [0.25, 0.3) is 11.2 Å². The van der Waals surface area contributed by atoms with Gasteiger partial charge in [0.05, 0.1) is 25.4 Å². The summed E-state index contributed by atoms with van der Waals surface area (Å²) in [4.78, 5) is 20.2. The highest BCUT2D eigenvalue weighted by atomic mass is 16.5. The van der Waals surface area contributed by atoms with E-state index in [1.807, 2.05) is 0 Å². The highest BCUT2D eigenvalue weighted by molar-refractivity contribution is 5.69. The van der Waals surface area contributed by atoms with Crippen LogP contribution in [0.5, 0.6) is 0 Å². The summed E-state index contributed by atoms with van der Waals surface area (Å²) >= 11 is 0. The van der Waals surface area contributed by atoms with Crippen LogP contribution in [0.3, 0.4) is 0 Å². The first kappa shape index (κ1) is 14.6. The molecule has 110 valence electrons. The number of hydrogen-bond donors (Lipinski definition) is 2. The lowest BCUT2D eigenvalue weighted by Gasteiger charge is -2.13. The van der Waals surface area contributed by atoms with E-state index in [0.29, 0.717) is 11.2 Å². The molecule has 2 N–H and O–H groups in total. The Bertz CT molecular complexity index is 636. The fourth-order valence-electron chi connectivity index (χ4n) is 2.23. The van der Waals surface area contributed by atoms with Crippen LogP contribution in [0.15, 0.2) is 17.4 Å². The van der Waals surface area contributed by atoms with Gasteiger partial charge in [0.25, 0.3) is 5.56 Å². The van der Waals surface area contributed by atoms with Gasteiger partial charge in [-0.25, -0.2) is 9.97 Å². The molecular formula is C12H18N4O4. The van der Waals surface area contributed by atoms with Gasteiger partial charge < -0.3 is 19.5 Å². The van der Waals surface area contributed by atoms with E-state index in [9.17, 15) is 4.79 Å². The average molecular weight is 282 g/mol. The predicted molar refractivity (Wildman–Crippen MR) is 71.1 cm³/mol. The number of nitrogens with zero attached hydrogens (tertiary/aromatic N) is 4. The number of aromatic nitrogens is 4. The second-order valence-electron chi connectivity index (χ2n) is 4.46. The molecule has 0 aromatic carbocycles. The Morgan fingerprint density at radius 3 is 2.75 bits per heavy atom. The van der Waals surface area contributed by atoms with E-state index in [1.54, 1.807) is 17.9 Å². The van der Waals surface area contributed by atoms with Gasteiger partial charge in [0.1, 0.15) is 6.23 Å². The molecule has 1 saturated heterocycles. The first-order valence-electron chi connectivity index (χ1n) is 6.30. The lowest BCUT2D eigenvalue weighted by molar-refractivity contribution is -0.0207. The van der Waals surface area contributed by atoms with Gasteiger partial charge in [-0.1, -0.05) is 0 Å². The molecule has 2 aromatic rings. The normalized spacial score (nSPS) is 21.8. The van der Waals surface area contributed by atoms with Crippen molar-refractivity contribution in [2.45, 2.75) is 25.2 Å². The Labute approximate surface area is 115 Å². The Morgan fingerprint density at radius 1 is 1.35 bits per heavy atom. The summed E-state index contributed by atoms with van der Waals surface area (Å²) in [5, 5.41) is 16.1. The molecule has 3 heterocycles. The van der Waals surface area contributed by atoms with Crippen molar-refractivity contribution in [2.24, 2.45) is 7.05 Å². The molecule has 1 aliphatic rings. The number of rotatable bonds is 2. The molecule has 0 aliphatic carbocycles. The van der Waals surface area contributed by atoms with E-state index in [4.69, 9.17) is 14.9 Å². The molecule has 0 bridgehead atoms. The van der Waals surface area contributed by atoms with Crippen LogP contribution in [-0.2, 0) is 11.8 Å². The molecule has 0 saturated carbocycles. The Balaban J connectivity index is 0.000000704. The molecular weight excluding hydrogens is 264 g/mol. The molecule has 3 rings (SSSR count). The van der Waals surface area contributed by atoms with Crippen LogP contribution in [-0.4, -0.2) is 49.1 Å². The third-order valence-electron chi connectivity index (χ3n) is 3.24. The number of aliphatic hydroxyl groups excluding tert-OH is 2. The molecule has 1 unspecified atom stereocenters. The molecule has 8 nitrogen and oxygen atoms in total. The fraction of sp³-hybridized carbons (Fsp3) is 0.583. The third-order valence-corrected chi connectivity index (χ3v) is 3.24. The average Bonchev–Trinajstić information content (AvgIpc) is 3.11. The smallest absolute Gasteiger partial charge is 0.281 e. The molecule has 0 amide bonds. The fourth-order valence-corrected chi connectivity index (χ4v) is 2.23. The van der Waals surface area contributed by atoms with Gasteiger partial charge in [0, 0.05) is 14.2 Å². The van der Waals surface area contributed by atoms with E-state index in [2.05, 4.69) is 9.97 Å². The monoisotopic (exact) mass is 282 g/mol. The van der Waals surface area contributed by atoms with Gasteiger partial charge in [-0.15, -0.1) is 0 Å². The second kappa shape index (κ2) is 6.12. The van der Waals surface area contributed by atoms with Crippen molar-refractivity contribution in [1.82, 2.24) is 19.1 Å². The van der Waals surface area contributed by atoms with E-state index in [1.165, 1.54) is 10.9 Å². The standard InChI is InChI=1S/C11H14N4O3.CH4O/c1-14-5-13-10-9(11(14)17)12-6-15(10)8-3-2-7(4-16)18-8;1-2/h5-8,16H,2-4H2,1H3;2H,1H3/t7?,8-;/m1./s1. The minimum atomic E-state index is -0.202. The first-order valence-corrected chi connectivity index (χ1v) is 6.30. The van der Waals surface area contributed by atoms with Gasteiger partial charge in [-0.2, -0.15) is 0 Å². The summed E-state index contributed by atoms with van der Waals surface area (Å²) in [6.45, 7) is 0.0122.